The third-order valence-corrected chi connectivity index (χ3v) is 3.66. The number of hydrogen-bond acceptors (Lipinski definition) is 3. The molecule has 92 valence electrons. The quantitative estimate of drug-likeness (QED) is 0.800. The zero-order valence-corrected chi connectivity index (χ0v) is 10.0. The van der Waals surface area contributed by atoms with Gasteiger partial charge < -0.3 is 9.84 Å². The van der Waals surface area contributed by atoms with Crippen LogP contribution in [0, 0.1) is 5.92 Å². The Morgan fingerprint density at radius 3 is 2.50 bits per heavy atom. The van der Waals surface area contributed by atoms with E-state index in [1.807, 2.05) is 6.92 Å². The SMILES string of the molecule is CCC1CCN(C(=O)OC)C1(CC)C(=O)O. The number of rotatable bonds is 3. The van der Waals surface area contributed by atoms with E-state index in [1.165, 1.54) is 12.0 Å². The van der Waals surface area contributed by atoms with Crippen molar-refractivity contribution in [3.05, 3.63) is 0 Å². The Hall–Kier alpha value is -1.26. The second-order valence-electron chi connectivity index (χ2n) is 4.10. The molecule has 1 amide bonds. The van der Waals surface area contributed by atoms with Gasteiger partial charge in [0.1, 0.15) is 5.54 Å². The molecule has 2 unspecified atom stereocenters. The highest BCUT2D eigenvalue weighted by atomic mass is 16.5. The van der Waals surface area contributed by atoms with E-state index < -0.39 is 17.6 Å². The average Bonchev–Trinajstić information content (AvgIpc) is 2.67. The van der Waals surface area contributed by atoms with Crippen molar-refractivity contribution < 1.29 is 19.4 Å². The minimum Gasteiger partial charge on any atom is -0.479 e. The molecule has 1 fully saturated rings. The Labute approximate surface area is 95.4 Å². The van der Waals surface area contributed by atoms with Crippen molar-refractivity contribution in [2.45, 2.75) is 38.6 Å². The van der Waals surface area contributed by atoms with Crippen LogP contribution in [-0.2, 0) is 9.53 Å². The predicted octanol–water partition coefficient (Wildman–Crippen LogP) is 1.72. The van der Waals surface area contributed by atoms with Crippen LogP contribution in [0.2, 0.25) is 0 Å². The van der Waals surface area contributed by atoms with E-state index in [0.29, 0.717) is 13.0 Å². The molecule has 0 aromatic carbocycles. The number of ether oxygens (including phenoxy) is 1. The summed E-state index contributed by atoms with van der Waals surface area (Å²) in [6.07, 6.45) is 1.36. The molecular formula is C11H19NO4. The Morgan fingerprint density at radius 2 is 2.12 bits per heavy atom. The second-order valence-corrected chi connectivity index (χ2v) is 4.10. The van der Waals surface area contributed by atoms with Crippen molar-refractivity contribution in [3.8, 4) is 0 Å². The van der Waals surface area contributed by atoms with Gasteiger partial charge in [-0.3, -0.25) is 4.90 Å². The summed E-state index contributed by atoms with van der Waals surface area (Å²) in [5.74, 6) is -0.918. The van der Waals surface area contributed by atoms with E-state index in [2.05, 4.69) is 4.74 Å². The lowest BCUT2D eigenvalue weighted by Crippen LogP contribution is -2.56. The van der Waals surface area contributed by atoms with E-state index >= 15 is 0 Å². The molecule has 5 nitrogen and oxygen atoms in total. The van der Waals surface area contributed by atoms with Gasteiger partial charge in [0.25, 0.3) is 0 Å². The lowest BCUT2D eigenvalue weighted by molar-refractivity contribution is -0.151. The lowest BCUT2D eigenvalue weighted by Gasteiger charge is -2.36. The Morgan fingerprint density at radius 1 is 1.50 bits per heavy atom. The largest absolute Gasteiger partial charge is 0.479 e. The molecule has 1 N–H and O–H groups in total. The molecule has 2 atom stereocenters. The van der Waals surface area contributed by atoms with E-state index in [4.69, 9.17) is 0 Å². The van der Waals surface area contributed by atoms with Crippen LogP contribution in [0.15, 0.2) is 0 Å². The van der Waals surface area contributed by atoms with Gasteiger partial charge in [-0.05, 0) is 18.8 Å². The van der Waals surface area contributed by atoms with Crippen LogP contribution < -0.4 is 0 Å². The van der Waals surface area contributed by atoms with Gasteiger partial charge in [0.2, 0.25) is 0 Å². The first kappa shape index (κ1) is 12.8. The molecule has 0 radical (unpaired) electrons. The molecule has 1 saturated heterocycles. The maximum atomic E-state index is 11.6. The Bertz CT molecular complexity index is 292. The molecule has 1 heterocycles. The van der Waals surface area contributed by atoms with Crippen molar-refractivity contribution in [3.63, 3.8) is 0 Å². The average molecular weight is 229 g/mol. The number of likely N-dealkylation sites (tertiary alicyclic amines) is 1. The summed E-state index contributed by atoms with van der Waals surface area (Å²) in [4.78, 5) is 24.5. The van der Waals surface area contributed by atoms with Crippen molar-refractivity contribution in [2.75, 3.05) is 13.7 Å². The van der Waals surface area contributed by atoms with E-state index in [-0.39, 0.29) is 5.92 Å². The fourth-order valence-corrected chi connectivity index (χ4v) is 2.77. The van der Waals surface area contributed by atoms with Crippen molar-refractivity contribution in [1.29, 1.82) is 0 Å². The van der Waals surface area contributed by atoms with Crippen LogP contribution in [0.25, 0.3) is 0 Å². The van der Waals surface area contributed by atoms with Gasteiger partial charge in [-0.25, -0.2) is 9.59 Å². The zero-order chi connectivity index (χ0) is 12.3. The fraction of sp³-hybridized carbons (Fsp3) is 0.818. The first-order chi connectivity index (χ1) is 7.54. The standard InChI is InChI=1S/C11H19NO4/c1-4-8-6-7-12(10(15)16-3)11(8,5-2)9(13)14/h8H,4-7H2,1-3H3,(H,13,14). The fourth-order valence-electron chi connectivity index (χ4n) is 2.77. The van der Waals surface area contributed by atoms with Gasteiger partial charge in [-0.2, -0.15) is 0 Å². The smallest absolute Gasteiger partial charge is 0.410 e. The molecular weight excluding hydrogens is 210 g/mol. The highest BCUT2D eigenvalue weighted by Crippen LogP contribution is 2.40. The number of hydrogen-bond donors (Lipinski definition) is 1. The van der Waals surface area contributed by atoms with Crippen LogP contribution >= 0.6 is 0 Å². The molecule has 1 aliphatic heterocycles. The summed E-state index contributed by atoms with van der Waals surface area (Å²) in [6.45, 7) is 4.22. The molecule has 1 aliphatic rings. The number of aliphatic carboxylic acids is 1. The van der Waals surface area contributed by atoms with E-state index in [1.54, 1.807) is 6.92 Å². The number of carboxylic acid groups (broad SMARTS) is 1. The summed E-state index contributed by atoms with van der Waals surface area (Å²) in [6, 6.07) is 0. The molecule has 16 heavy (non-hydrogen) atoms. The zero-order valence-electron chi connectivity index (χ0n) is 10.0. The molecule has 0 bridgehead atoms. The van der Waals surface area contributed by atoms with Crippen LogP contribution in [0.5, 0.6) is 0 Å². The molecule has 0 saturated carbocycles. The monoisotopic (exact) mass is 229 g/mol. The van der Waals surface area contributed by atoms with Crippen LogP contribution in [-0.4, -0.2) is 41.3 Å². The van der Waals surface area contributed by atoms with Gasteiger partial charge in [-0.15, -0.1) is 0 Å². The van der Waals surface area contributed by atoms with Crippen LogP contribution in [0.3, 0.4) is 0 Å². The summed E-state index contributed by atoms with van der Waals surface area (Å²) < 4.78 is 4.66. The number of methoxy groups -OCH3 is 1. The topological polar surface area (TPSA) is 66.8 Å². The second kappa shape index (κ2) is 4.72. The summed E-state index contributed by atoms with van der Waals surface area (Å²) in [5.41, 5.74) is -1.08. The van der Waals surface area contributed by atoms with Gasteiger partial charge in [0.15, 0.2) is 0 Å². The number of carbonyl (C=O) groups excluding carboxylic acids is 1. The maximum Gasteiger partial charge on any atom is 0.410 e. The van der Waals surface area contributed by atoms with Crippen molar-refractivity contribution in [1.82, 2.24) is 4.90 Å². The van der Waals surface area contributed by atoms with Gasteiger partial charge in [0, 0.05) is 6.54 Å². The van der Waals surface area contributed by atoms with E-state index in [9.17, 15) is 14.7 Å². The number of nitrogens with zero attached hydrogens (tertiary/aromatic N) is 1. The lowest BCUT2D eigenvalue weighted by atomic mass is 9.81. The number of carbonyl (C=O) groups is 2. The first-order valence-corrected chi connectivity index (χ1v) is 5.63. The number of carboxylic acids is 1. The van der Waals surface area contributed by atoms with Gasteiger partial charge >= 0.3 is 12.1 Å². The predicted molar refractivity (Wildman–Crippen MR) is 58.2 cm³/mol. The molecule has 0 aromatic rings. The highest BCUT2D eigenvalue weighted by molar-refractivity contribution is 5.85. The first-order valence-electron chi connectivity index (χ1n) is 5.63. The highest BCUT2D eigenvalue weighted by Gasteiger charge is 2.55. The summed E-state index contributed by atoms with van der Waals surface area (Å²) in [5, 5.41) is 9.43. The minimum absolute atomic E-state index is 0.00843. The molecule has 0 spiro atoms. The summed E-state index contributed by atoms with van der Waals surface area (Å²) in [7, 11) is 1.28. The van der Waals surface area contributed by atoms with Crippen LogP contribution in [0.1, 0.15) is 33.1 Å². The van der Waals surface area contributed by atoms with Crippen LogP contribution in [0.4, 0.5) is 4.79 Å². The Kier molecular flexibility index (Phi) is 3.78. The normalized spacial score (nSPS) is 29.2. The molecule has 0 aliphatic carbocycles. The maximum absolute atomic E-state index is 11.6. The van der Waals surface area contributed by atoms with Gasteiger partial charge in [0.05, 0.1) is 7.11 Å². The third-order valence-electron chi connectivity index (χ3n) is 3.66. The van der Waals surface area contributed by atoms with Gasteiger partial charge in [-0.1, -0.05) is 20.3 Å². The molecule has 5 heteroatoms. The van der Waals surface area contributed by atoms with Crippen molar-refractivity contribution >= 4 is 12.1 Å². The Balaban J connectivity index is 3.11. The summed E-state index contributed by atoms with van der Waals surface area (Å²) >= 11 is 0. The third kappa shape index (κ3) is 1.64. The van der Waals surface area contributed by atoms with E-state index in [0.717, 1.165) is 12.8 Å². The minimum atomic E-state index is -1.08. The molecule has 0 aromatic heterocycles. The molecule has 1 rings (SSSR count). The van der Waals surface area contributed by atoms with Crippen molar-refractivity contribution in [2.24, 2.45) is 5.92 Å². The number of amides is 1.